The first-order valence-electron chi connectivity index (χ1n) is 8.34. The van der Waals surface area contributed by atoms with E-state index in [2.05, 4.69) is 23.3 Å². The molecular weight excluding hydrogens is 394 g/mol. The number of amides is 4. The van der Waals surface area contributed by atoms with Crippen LogP contribution in [-0.4, -0.2) is 76.3 Å². The van der Waals surface area contributed by atoms with Crippen LogP contribution in [0.2, 0.25) is 0 Å². The number of primary amides is 1. The maximum absolute atomic E-state index is 12.3. The third kappa shape index (κ3) is 8.54. The van der Waals surface area contributed by atoms with Gasteiger partial charge >= 0.3 is 5.97 Å². The van der Waals surface area contributed by atoms with E-state index in [1.54, 1.807) is 13.8 Å². The van der Waals surface area contributed by atoms with Gasteiger partial charge in [0.15, 0.2) is 0 Å². The molecule has 0 aromatic rings. The number of nitrogens with two attached hydrogens (primary N) is 2. The van der Waals surface area contributed by atoms with E-state index in [1.807, 2.05) is 5.32 Å². The van der Waals surface area contributed by atoms with Crippen LogP contribution in [0, 0.1) is 5.92 Å². The molecule has 0 aromatic carbocycles. The summed E-state index contributed by atoms with van der Waals surface area (Å²) in [7, 11) is 0. The largest absolute Gasteiger partial charge is 0.480 e. The molecule has 0 heterocycles. The van der Waals surface area contributed by atoms with Gasteiger partial charge in [-0.2, -0.15) is 12.6 Å². The molecule has 28 heavy (non-hydrogen) atoms. The van der Waals surface area contributed by atoms with Crippen molar-refractivity contribution in [1.29, 1.82) is 0 Å². The van der Waals surface area contributed by atoms with Crippen LogP contribution in [-0.2, 0) is 24.0 Å². The normalized spacial score (nSPS) is 15.1. The van der Waals surface area contributed by atoms with Crippen LogP contribution in [0.25, 0.3) is 0 Å². The molecule has 12 nitrogen and oxygen atoms in total. The average molecular weight is 421 g/mol. The lowest BCUT2D eigenvalue weighted by atomic mass is 10.0. The predicted molar refractivity (Wildman–Crippen MR) is 101 cm³/mol. The number of carboxylic acids is 1. The maximum atomic E-state index is 12.3. The fourth-order valence-corrected chi connectivity index (χ4v) is 2.16. The summed E-state index contributed by atoms with van der Waals surface area (Å²) < 4.78 is 0. The van der Waals surface area contributed by atoms with E-state index >= 15 is 0 Å². The fourth-order valence-electron chi connectivity index (χ4n) is 1.90. The molecule has 4 unspecified atom stereocenters. The van der Waals surface area contributed by atoms with Gasteiger partial charge < -0.3 is 37.6 Å². The van der Waals surface area contributed by atoms with Crippen LogP contribution in [0.15, 0.2) is 0 Å². The highest BCUT2D eigenvalue weighted by atomic mass is 32.1. The Kier molecular flexibility index (Phi) is 11.1. The van der Waals surface area contributed by atoms with Crippen LogP contribution in [0.4, 0.5) is 0 Å². The molecule has 0 aliphatic heterocycles. The number of hydrogen-bond donors (Lipinski definition) is 8. The van der Waals surface area contributed by atoms with E-state index in [0.717, 1.165) is 0 Å². The summed E-state index contributed by atoms with van der Waals surface area (Å²) in [4.78, 5) is 58.3. The van der Waals surface area contributed by atoms with Crippen molar-refractivity contribution in [3.8, 4) is 0 Å². The predicted octanol–water partition coefficient (Wildman–Crippen LogP) is -3.69. The lowest BCUT2D eigenvalue weighted by Gasteiger charge is -2.24. The van der Waals surface area contributed by atoms with Crippen molar-refractivity contribution in [3.63, 3.8) is 0 Å². The molecule has 0 saturated carbocycles. The first kappa shape index (κ1) is 25.6. The molecule has 0 aliphatic carbocycles. The van der Waals surface area contributed by atoms with Gasteiger partial charge in [0.25, 0.3) is 0 Å². The molecule has 0 aliphatic rings. The minimum atomic E-state index is -1.62. The Morgan fingerprint density at radius 2 is 1.39 bits per heavy atom. The lowest BCUT2D eigenvalue weighted by molar-refractivity contribution is -0.144. The molecule has 0 aromatic heterocycles. The second kappa shape index (κ2) is 12.2. The number of nitrogens with one attached hydrogen (secondary N) is 3. The molecular formula is C15H27N5O7S. The van der Waals surface area contributed by atoms with Gasteiger partial charge in [-0.3, -0.25) is 19.2 Å². The first-order chi connectivity index (χ1) is 12.9. The molecule has 160 valence electrons. The second-order valence-electron chi connectivity index (χ2n) is 6.33. The standard InChI is InChI=1S/C15H27N5O7S/c1-6(2)11(17)14(25)20-9(5-28)13(24)19-8(4-21)12(23)18-7(15(26)27)3-10(16)22/h6-9,11,21,28H,3-5,17H2,1-2H3,(H2,16,22)(H,18,23)(H,19,24)(H,20,25)(H,26,27). The highest BCUT2D eigenvalue weighted by Crippen LogP contribution is 2.00. The summed E-state index contributed by atoms with van der Waals surface area (Å²) in [6.07, 6.45) is -0.671. The quantitative estimate of drug-likeness (QED) is 0.146. The van der Waals surface area contributed by atoms with Crippen LogP contribution in [0.1, 0.15) is 20.3 Å². The van der Waals surface area contributed by atoms with E-state index in [4.69, 9.17) is 16.6 Å². The molecule has 0 spiro atoms. The van der Waals surface area contributed by atoms with E-state index in [1.165, 1.54) is 0 Å². The van der Waals surface area contributed by atoms with Crippen molar-refractivity contribution in [3.05, 3.63) is 0 Å². The minimum Gasteiger partial charge on any atom is -0.480 e. The number of hydrogen-bond acceptors (Lipinski definition) is 8. The van der Waals surface area contributed by atoms with Crippen molar-refractivity contribution in [2.75, 3.05) is 12.4 Å². The van der Waals surface area contributed by atoms with Crippen LogP contribution in [0.5, 0.6) is 0 Å². The van der Waals surface area contributed by atoms with Crippen molar-refractivity contribution in [2.45, 2.75) is 44.4 Å². The van der Waals surface area contributed by atoms with Crippen molar-refractivity contribution >= 4 is 42.2 Å². The molecule has 0 fully saturated rings. The topological polar surface area (TPSA) is 214 Å². The summed E-state index contributed by atoms with van der Waals surface area (Å²) >= 11 is 3.96. The molecule has 0 saturated heterocycles. The number of aliphatic hydroxyl groups is 1. The minimum absolute atomic E-state index is 0.123. The summed E-state index contributed by atoms with van der Waals surface area (Å²) in [6.45, 7) is 2.58. The van der Waals surface area contributed by atoms with Gasteiger partial charge in [-0.25, -0.2) is 4.79 Å². The van der Waals surface area contributed by atoms with Crippen molar-refractivity contribution in [1.82, 2.24) is 16.0 Å². The van der Waals surface area contributed by atoms with Crippen molar-refractivity contribution in [2.24, 2.45) is 17.4 Å². The Morgan fingerprint density at radius 3 is 1.79 bits per heavy atom. The lowest BCUT2D eigenvalue weighted by Crippen LogP contribution is -2.59. The average Bonchev–Trinajstić information content (AvgIpc) is 2.61. The SMILES string of the molecule is CC(C)C(N)C(=O)NC(CS)C(=O)NC(CO)C(=O)NC(CC(N)=O)C(=O)O. The Hall–Kier alpha value is -2.38. The van der Waals surface area contributed by atoms with Crippen LogP contribution < -0.4 is 27.4 Å². The Labute approximate surface area is 167 Å². The van der Waals surface area contributed by atoms with Gasteiger partial charge in [-0.1, -0.05) is 13.8 Å². The number of thiol groups is 1. The molecule has 0 rings (SSSR count). The van der Waals surface area contributed by atoms with Gasteiger partial charge in [0, 0.05) is 5.75 Å². The van der Waals surface area contributed by atoms with E-state index in [-0.39, 0.29) is 11.7 Å². The number of carboxylic acid groups (broad SMARTS) is 1. The van der Waals surface area contributed by atoms with Gasteiger partial charge in [-0.15, -0.1) is 0 Å². The summed E-state index contributed by atoms with van der Waals surface area (Å²) in [5.74, 6) is -5.26. The van der Waals surface area contributed by atoms with Gasteiger partial charge in [-0.05, 0) is 5.92 Å². The number of carbonyl (C=O) groups is 5. The molecule has 0 radical (unpaired) electrons. The van der Waals surface area contributed by atoms with E-state index in [0.29, 0.717) is 0 Å². The Bertz CT molecular complexity index is 601. The van der Waals surface area contributed by atoms with Gasteiger partial charge in [0.1, 0.15) is 18.1 Å². The third-order valence-corrected chi connectivity index (χ3v) is 4.04. The van der Waals surface area contributed by atoms with Crippen LogP contribution >= 0.6 is 12.6 Å². The first-order valence-corrected chi connectivity index (χ1v) is 8.97. The highest BCUT2D eigenvalue weighted by Gasteiger charge is 2.30. The smallest absolute Gasteiger partial charge is 0.326 e. The zero-order valence-electron chi connectivity index (χ0n) is 15.5. The van der Waals surface area contributed by atoms with E-state index in [9.17, 15) is 29.1 Å². The maximum Gasteiger partial charge on any atom is 0.326 e. The molecule has 13 heteroatoms. The van der Waals surface area contributed by atoms with Crippen molar-refractivity contribution < 1.29 is 34.2 Å². The molecule has 0 bridgehead atoms. The Balaban J connectivity index is 5.02. The number of carbonyl (C=O) groups excluding carboxylic acids is 4. The van der Waals surface area contributed by atoms with Gasteiger partial charge in [0.05, 0.1) is 19.1 Å². The summed E-state index contributed by atoms with van der Waals surface area (Å²) in [5, 5.41) is 24.9. The molecule has 4 amide bonds. The number of aliphatic carboxylic acids is 1. The number of aliphatic hydroxyl groups excluding tert-OH is 1. The van der Waals surface area contributed by atoms with E-state index < -0.39 is 66.8 Å². The Morgan fingerprint density at radius 1 is 0.929 bits per heavy atom. The number of rotatable bonds is 12. The fraction of sp³-hybridized carbons (Fsp3) is 0.667. The monoisotopic (exact) mass is 421 g/mol. The summed E-state index contributed by atoms with van der Waals surface area (Å²) in [6, 6.07) is -5.17. The highest BCUT2D eigenvalue weighted by molar-refractivity contribution is 7.80. The molecule has 9 N–H and O–H groups in total. The third-order valence-electron chi connectivity index (χ3n) is 3.67. The van der Waals surface area contributed by atoms with Gasteiger partial charge in [0.2, 0.25) is 23.6 Å². The molecule has 4 atom stereocenters. The van der Waals surface area contributed by atoms with Crippen LogP contribution in [0.3, 0.4) is 0 Å². The summed E-state index contributed by atoms with van der Waals surface area (Å²) in [5.41, 5.74) is 10.6. The zero-order valence-corrected chi connectivity index (χ0v) is 16.4. The zero-order chi connectivity index (χ0) is 22.0. The second-order valence-corrected chi connectivity index (χ2v) is 6.69.